The van der Waals surface area contributed by atoms with Crippen molar-refractivity contribution in [1.82, 2.24) is 14.9 Å². The zero-order chi connectivity index (χ0) is 25.4. The Balaban J connectivity index is 1.96. The summed E-state index contributed by atoms with van der Waals surface area (Å²) in [5.41, 5.74) is 7.68. The third-order valence-corrected chi connectivity index (χ3v) is 7.03. The number of aryl methyl sites for hydroxylation is 1. The predicted molar refractivity (Wildman–Crippen MR) is 144 cm³/mol. The minimum Gasteiger partial charge on any atom is -0.455 e. The molecule has 184 valence electrons. The quantitative estimate of drug-likeness (QED) is 0.162. The van der Waals surface area contributed by atoms with Gasteiger partial charge in [-0.1, -0.05) is 24.3 Å². The van der Waals surface area contributed by atoms with Crippen LogP contribution in [0.4, 0.5) is 5.82 Å². The van der Waals surface area contributed by atoms with Crippen molar-refractivity contribution < 1.29 is 19.7 Å². The van der Waals surface area contributed by atoms with Crippen molar-refractivity contribution in [1.29, 1.82) is 0 Å². The Morgan fingerprint density at radius 3 is 2.54 bits per heavy atom. The maximum Gasteiger partial charge on any atom is 0.214 e. The van der Waals surface area contributed by atoms with Crippen molar-refractivity contribution in [2.24, 2.45) is 0 Å². The van der Waals surface area contributed by atoms with Crippen molar-refractivity contribution in [2.45, 2.75) is 26.8 Å². The minimum atomic E-state index is -0.148. The van der Waals surface area contributed by atoms with Gasteiger partial charge in [-0.05, 0) is 54.0 Å². The summed E-state index contributed by atoms with van der Waals surface area (Å²) in [7, 11) is 0. The molecule has 8 nitrogen and oxygen atoms in total. The second-order valence-corrected chi connectivity index (χ2v) is 9.57. The van der Waals surface area contributed by atoms with E-state index in [1.807, 2.05) is 30.3 Å². The first-order chi connectivity index (χ1) is 16.8. The third kappa shape index (κ3) is 6.98. The monoisotopic (exact) mass is 558 g/mol. The topological polar surface area (TPSA) is 122 Å². The van der Waals surface area contributed by atoms with Gasteiger partial charge in [0.2, 0.25) is 6.41 Å². The summed E-state index contributed by atoms with van der Waals surface area (Å²) < 4.78 is 6.82. The van der Waals surface area contributed by atoms with E-state index in [0.717, 1.165) is 4.47 Å². The van der Waals surface area contributed by atoms with Gasteiger partial charge in [0.25, 0.3) is 0 Å². The summed E-state index contributed by atoms with van der Waals surface area (Å²) in [5.74, 6) is 1.92. The Kier molecular flexibility index (Phi) is 9.55. The molecule has 0 spiro atoms. The maximum atomic E-state index is 11.9. The van der Waals surface area contributed by atoms with Crippen molar-refractivity contribution in [3.8, 4) is 11.5 Å². The number of rotatable bonds is 10. The van der Waals surface area contributed by atoms with Crippen LogP contribution in [0.2, 0.25) is 0 Å². The number of carbonyl (C=O) groups is 1. The Morgan fingerprint density at radius 1 is 1.20 bits per heavy atom. The average Bonchev–Trinajstić information content (AvgIpc) is 2.84. The van der Waals surface area contributed by atoms with Crippen LogP contribution < -0.4 is 10.5 Å². The van der Waals surface area contributed by atoms with Gasteiger partial charge in [-0.2, -0.15) is 0 Å². The number of aliphatic hydroxyl groups is 2. The summed E-state index contributed by atoms with van der Waals surface area (Å²) in [5, 5.41) is 20.8. The molecule has 2 aromatic carbocycles. The highest BCUT2D eigenvalue weighted by Crippen LogP contribution is 2.32. The molecular formula is C25H27BrN4O4S. The van der Waals surface area contributed by atoms with Gasteiger partial charge in [0.15, 0.2) is 0 Å². The first-order valence-electron chi connectivity index (χ1n) is 10.7. The van der Waals surface area contributed by atoms with Crippen LogP contribution in [-0.2, 0) is 11.3 Å². The van der Waals surface area contributed by atoms with Crippen molar-refractivity contribution in [3.05, 3.63) is 86.8 Å². The molecule has 0 aliphatic carbocycles. The number of carbonyl (C=O) groups excluding carboxylic acids is 1. The molecule has 4 N–H and O–H groups in total. The molecule has 1 aromatic heterocycles. The minimum absolute atomic E-state index is 0.0273. The number of hydrogen-bond donors (Lipinski definition) is 4. The fraction of sp³-hybridized carbons (Fsp3) is 0.200. The van der Waals surface area contributed by atoms with Crippen LogP contribution in [0.3, 0.4) is 0 Å². The predicted octanol–water partition coefficient (Wildman–Crippen LogP) is 4.70. The van der Waals surface area contributed by atoms with E-state index in [-0.39, 0.29) is 24.6 Å². The number of ether oxygens (including phenoxy) is 1. The van der Waals surface area contributed by atoms with Gasteiger partial charge in [-0.15, -0.1) is 11.4 Å². The highest BCUT2D eigenvalue weighted by atomic mass is 79.9. The molecule has 0 atom stereocenters. The van der Waals surface area contributed by atoms with Crippen LogP contribution in [0.15, 0.2) is 69.8 Å². The molecule has 0 bridgehead atoms. The third-order valence-electron chi connectivity index (χ3n) is 5.11. The summed E-state index contributed by atoms with van der Waals surface area (Å²) in [6, 6.07) is 14.6. The second kappa shape index (κ2) is 12.6. The fourth-order valence-electron chi connectivity index (χ4n) is 3.22. The van der Waals surface area contributed by atoms with E-state index in [0.29, 0.717) is 62.6 Å². The SMILES string of the molecule is C/C(=C(CCO)/[SH]=C(\O)c1ccccc1Oc1ccccc1Br)N(C=O)Cc1cnc(C)nc1N. The molecule has 0 saturated carbocycles. The molecule has 0 unspecified atom stereocenters. The number of halogens is 1. The normalized spacial score (nSPS) is 12.4. The lowest BCUT2D eigenvalue weighted by Gasteiger charge is -2.21. The molecule has 35 heavy (non-hydrogen) atoms. The Hall–Kier alpha value is -3.05. The van der Waals surface area contributed by atoms with E-state index < -0.39 is 0 Å². The highest BCUT2D eigenvalue weighted by molar-refractivity contribution is 9.10. The lowest BCUT2D eigenvalue weighted by Crippen LogP contribution is -2.22. The molecule has 3 aromatic rings. The Morgan fingerprint density at radius 2 is 1.89 bits per heavy atom. The van der Waals surface area contributed by atoms with E-state index in [1.54, 1.807) is 38.2 Å². The van der Waals surface area contributed by atoms with Crippen LogP contribution in [0.1, 0.15) is 30.3 Å². The van der Waals surface area contributed by atoms with Crippen LogP contribution in [-0.4, -0.2) is 43.1 Å². The molecular weight excluding hydrogens is 532 g/mol. The number of benzene rings is 2. The summed E-state index contributed by atoms with van der Waals surface area (Å²) >= 11 is 3.90. The number of hydrogen-bond acceptors (Lipinski definition) is 6. The van der Waals surface area contributed by atoms with Crippen LogP contribution in [0.5, 0.6) is 11.5 Å². The number of nitrogens with two attached hydrogens (primary N) is 1. The summed E-state index contributed by atoms with van der Waals surface area (Å²) in [6.45, 7) is 3.50. The first kappa shape index (κ1) is 26.6. The smallest absolute Gasteiger partial charge is 0.214 e. The van der Waals surface area contributed by atoms with E-state index in [1.165, 1.54) is 4.90 Å². The van der Waals surface area contributed by atoms with Crippen molar-refractivity contribution in [2.75, 3.05) is 12.3 Å². The number of para-hydroxylation sites is 2. The van der Waals surface area contributed by atoms with Gasteiger partial charge < -0.3 is 25.6 Å². The van der Waals surface area contributed by atoms with Crippen molar-refractivity contribution >= 4 is 44.6 Å². The van der Waals surface area contributed by atoms with Gasteiger partial charge in [-0.25, -0.2) is 9.97 Å². The maximum absolute atomic E-state index is 11.9. The number of thiol groups is 1. The van der Waals surface area contributed by atoms with Gasteiger partial charge in [0.05, 0.1) is 16.6 Å². The van der Waals surface area contributed by atoms with Crippen LogP contribution >= 0.6 is 27.3 Å². The number of allylic oxidation sites excluding steroid dienone is 1. The fourth-order valence-corrected chi connectivity index (χ4v) is 4.65. The lowest BCUT2D eigenvalue weighted by molar-refractivity contribution is -0.116. The van der Waals surface area contributed by atoms with Gasteiger partial charge in [-0.3, -0.25) is 4.79 Å². The molecule has 0 aliphatic rings. The van der Waals surface area contributed by atoms with Gasteiger partial charge in [0, 0.05) is 35.4 Å². The Labute approximate surface area is 216 Å². The Bertz CT molecular complexity index is 1270. The number of anilines is 1. The number of amides is 1. The molecule has 0 radical (unpaired) electrons. The number of aliphatic hydroxyl groups excluding tert-OH is 2. The molecule has 0 aliphatic heterocycles. The second-order valence-electron chi connectivity index (χ2n) is 7.53. The van der Waals surface area contributed by atoms with Crippen LogP contribution in [0, 0.1) is 6.92 Å². The standard InChI is InChI=1S/C25H27BrN4O4S/c1-16(30(15-32)14-18-13-28-17(2)29-24(18)27)23(11-12-31)35-25(33)19-7-3-5-9-21(19)34-22-10-6-4-8-20(22)26/h3-10,13,15,31,33,35H,11-12,14H2,1-2H3,(H2,27,28,29)/b23-16-. The van der Waals surface area contributed by atoms with E-state index >= 15 is 0 Å². The highest BCUT2D eigenvalue weighted by Gasteiger charge is 2.15. The zero-order valence-electron chi connectivity index (χ0n) is 19.3. The van der Waals surface area contributed by atoms with E-state index in [4.69, 9.17) is 10.5 Å². The average molecular weight is 559 g/mol. The number of nitrogen functional groups attached to an aromatic ring is 1. The molecule has 0 saturated heterocycles. The lowest BCUT2D eigenvalue weighted by atomic mass is 10.2. The zero-order valence-corrected chi connectivity index (χ0v) is 21.8. The molecule has 0 fully saturated rings. The van der Waals surface area contributed by atoms with Crippen LogP contribution in [0.25, 0.3) is 0 Å². The molecule has 1 amide bonds. The number of nitrogens with zero attached hydrogens (tertiary/aromatic N) is 3. The van der Waals surface area contributed by atoms with E-state index in [9.17, 15) is 15.0 Å². The summed E-state index contributed by atoms with van der Waals surface area (Å²) in [6.07, 6.45) is 2.53. The molecule has 10 heteroatoms. The molecule has 3 rings (SSSR count). The summed E-state index contributed by atoms with van der Waals surface area (Å²) in [4.78, 5) is 22.4. The largest absolute Gasteiger partial charge is 0.455 e. The van der Waals surface area contributed by atoms with E-state index in [2.05, 4.69) is 25.9 Å². The van der Waals surface area contributed by atoms with Gasteiger partial charge >= 0.3 is 0 Å². The molecule has 1 heterocycles. The first-order valence-corrected chi connectivity index (χ1v) is 12.4. The number of aromatic nitrogens is 2. The van der Waals surface area contributed by atoms with Crippen molar-refractivity contribution in [3.63, 3.8) is 0 Å². The van der Waals surface area contributed by atoms with Gasteiger partial charge in [0.1, 0.15) is 28.2 Å².